The van der Waals surface area contributed by atoms with E-state index in [1.165, 1.54) is 0 Å². The minimum Gasteiger partial charge on any atom is -0.353 e. The van der Waals surface area contributed by atoms with Gasteiger partial charge in [-0.25, -0.2) is 4.68 Å². The molecule has 0 bridgehead atoms. The number of nitrogens with one attached hydrogen (secondary N) is 1. The number of carbonyl (C=O) groups is 1. The molecule has 0 spiro atoms. The van der Waals surface area contributed by atoms with Gasteiger partial charge in [0.1, 0.15) is 0 Å². The number of nitrogens with zero attached hydrogens (tertiary/aromatic N) is 3. The Balaban J connectivity index is 1.52. The zero-order valence-electron chi connectivity index (χ0n) is 14.7. The Morgan fingerprint density at radius 2 is 1.96 bits per heavy atom. The van der Waals surface area contributed by atoms with E-state index in [-0.39, 0.29) is 29.5 Å². The highest BCUT2D eigenvalue weighted by Crippen LogP contribution is 2.27. The zero-order valence-corrected chi connectivity index (χ0v) is 14.7. The Bertz CT molecular complexity index is 634. The van der Waals surface area contributed by atoms with Gasteiger partial charge in [0.15, 0.2) is 0 Å². The number of likely N-dealkylation sites (tertiary alicyclic amines) is 1. The van der Waals surface area contributed by atoms with E-state index >= 15 is 0 Å². The molecule has 1 atom stereocenters. The number of hydrogen-bond donors (Lipinski definition) is 1. The molecule has 24 heavy (non-hydrogen) atoms. The Hall–Kier alpha value is -1.69. The van der Waals surface area contributed by atoms with Crippen molar-refractivity contribution in [1.29, 1.82) is 0 Å². The molecule has 1 aromatic heterocycles. The highest BCUT2D eigenvalue weighted by molar-refractivity contribution is 5.79. The predicted octanol–water partition coefficient (Wildman–Crippen LogP) is 1.49. The van der Waals surface area contributed by atoms with Crippen LogP contribution in [-0.4, -0.2) is 46.8 Å². The van der Waals surface area contributed by atoms with Gasteiger partial charge in [-0.2, -0.15) is 5.10 Å². The molecule has 1 aliphatic carbocycles. The summed E-state index contributed by atoms with van der Waals surface area (Å²) in [6.45, 7) is 3.86. The van der Waals surface area contributed by atoms with Crippen molar-refractivity contribution in [3.8, 4) is 0 Å². The van der Waals surface area contributed by atoms with E-state index in [9.17, 15) is 9.59 Å². The van der Waals surface area contributed by atoms with E-state index in [0.717, 1.165) is 57.3 Å². The third-order valence-corrected chi connectivity index (χ3v) is 5.34. The average Bonchev–Trinajstić information content (AvgIpc) is 2.58. The van der Waals surface area contributed by atoms with Crippen LogP contribution in [0, 0.1) is 12.8 Å². The Kier molecular flexibility index (Phi) is 5.33. The number of amides is 1. The first kappa shape index (κ1) is 17.1. The second kappa shape index (κ2) is 7.47. The maximum absolute atomic E-state index is 12.5. The summed E-state index contributed by atoms with van der Waals surface area (Å²) in [5, 5.41) is 7.61. The summed E-state index contributed by atoms with van der Waals surface area (Å²) < 4.78 is 1.63. The summed E-state index contributed by atoms with van der Waals surface area (Å²) >= 11 is 0. The number of rotatable bonds is 3. The Morgan fingerprint density at radius 1 is 1.21 bits per heavy atom. The fraction of sp³-hybridized carbons (Fsp3) is 0.722. The summed E-state index contributed by atoms with van der Waals surface area (Å²) in [6.07, 6.45) is 5.72. The van der Waals surface area contributed by atoms with Crippen molar-refractivity contribution in [2.24, 2.45) is 5.92 Å². The first-order chi connectivity index (χ1) is 11.5. The van der Waals surface area contributed by atoms with Crippen LogP contribution in [0.4, 0.5) is 0 Å². The van der Waals surface area contributed by atoms with Crippen LogP contribution in [0.5, 0.6) is 0 Å². The Labute approximate surface area is 143 Å². The molecular weight excluding hydrogens is 304 g/mol. The number of aryl methyl sites for hydroxylation is 1. The monoisotopic (exact) mass is 332 g/mol. The van der Waals surface area contributed by atoms with Gasteiger partial charge < -0.3 is 10.2 Å². The molecule has 1 N–H and O–H groups in total. The molecule has 1 aromatic rings. The van der Waals surface area contributed by atoms with Crippen LogP contribution in [0.2, 0.25) is 0 Å². The number of hydrogen-bond acceptors (Lipinski definition) is 4. The zero-order chi connectivity index (χ0) is 17.1. The summed E-state index contributed by atoms with van der Waals surface area (Å²) in [4.78, 5) is 26.7. The lowest BCUT2D eigenvalue weighted by Gasteiger charge is -2.33. The van der Waals surface area contributed by atoms with Gasteiger partial charge in [-0.3, -0.25) is 9.59 Å². The van der Waals surface area contributed by atoms with Crippen LogP contribution < -0.4 is 10.9 Å². The van der Waals surface area contributed by atoms with Gasteiger partial charge in [-0.1, -0.05) is 0 Å². The van der Waals surface area contributed by atoms with Crippen LogP contribution >= 0.6 is 0 Å². The van der Waals surface area contributed by atoms with Crippen LogP contribution in [0.3, 0.4) is 0 Å². The third-order valence-electron chi connectivity index (χ3n) is 5.34. The summed E-state index contributed by atoms with van der Waals surface area (Å²) in [5.74, 6) is 0.332. The molecule has 1 amide bonds. The minimum absolute atomic E-state index is 0.0293. The molecule has 2 fully saturated rings. The van der Waals surface area contributed by atoms with Crippen LogP contribution in [0.15, 0.2) is 16.9 Å². The third kappa shape index (κ3) is 4.04. The predicted molar refractivity (Wildman–Crippen MR) is 92.9 cm³/mol. The van der Waals surface area contributed by atoms with Gasteiger partial charge in [-0.05, 0) is 65.1 Å². The molecule has 132 valence electrons. The van der Waals surface area contributed by atoms with E-state index in [4.69, 9.17) is 0 Å². The maximum atomic E-state index is 12.5. The lowest BCUT2D eigenvalue weighted by molar-refractivity contribution is -0.127. The van der Waals surface area contributed by atoms with E-state index in [1.54, 1.807) is 16.8 Å². The van der Waals surface area contributed by atoms with Crippen molar-refractivity contribution in [1.82, 2.24) is 20.0 Å². The molecule has 2 aliphatic rings. The quantitative estimate of drug-likeness (QED) is 0.911. The van der Waals surface area contributed by atoms with Crippen molar-refractivity contribution < 1.29 is 4.79 Å². The molecule has 0 aromatic carbocycles. The average molecular weight is 332 g/mol. The molecule has 0 radical (unpaired) electrons. The highest BCUT2D eigenvalue weighted by Gasteiger charge is 2.28. The molecule has 1 saturated heterocycles. The first-order valence-electron chi connectivity index (χ1n) is 9.08. The molecular formula is C18H28N4O2. The molecule has 6 heteroatoms. The fourth-order valence-electron chi connectivity index (χ4n) is 3.95. The van der Waals surface area contributed by atoms with Gasteiger partial charge in [0.25, 0.3) is 5.56 Å². The largest absolute Gasteiger partial charge is 0.353 e. The number of carbonyl (C=O) groups excluding carboxylic acids is 1. The standard InChI is InChI=1S/C18H28N4O2/c1-13-5-10-17(23)22(20-13)16-8-6-15(7-9-16)19-18(24)14-4-3-11-21(2)12-14/h5,10,14-16H,3-4,6-9,11-12H2,1-2H3,(H,19,24). The molecule has 3 rings (SSSR count). The number of aromatic nitrogens is 2. The molecule has 1 unspecified atom stereocenters. The maximum Gasteiger partial charge on any atom is 0.267 e. The minimum atomic E-state index is -0.0293. The molecule has 2 heterocycles. The van der Waals surface area contributed by atoms with Crippen LogP contribution in [0.25, 0.3) is 0 Å². The smallest absolute Gasteiger partial charge is 0.267 e. The van der Waals surface area contributed by atoms with Gasteiger partial charge in [0.05, 0.1) is 17.7 Å². The van der Waals surface area contributed by atoms with E-state index in [1.807, 2.05) is 6.92 Å². The van der Waals surface area contributed by atoms with Gasteiger partial charge in [0.2, 0.25) is 5.91 Å². The van der Waals surface area contributed by atoms with Crippen LogP contribution in [-0.2, 0) is 4.79 Å². The highest BCUT2D eigenvalue weighted by atomic mass is 16.2. The summed E-state index contributed by atoms with van der Waals surface area (Å²) in [5.41, 5.74) is 0.838. The lowest BCUT2D eigenvalue weighted by atomic mass is 9.90. The van der Waals surface area contributed by atoms with Crippen molar-refractivity contribution in [2.45, 2.75) is 57.5 Å². The topological polar surface area (TPSA) is 67.2 Å². The second-order valence-electron chi connectivity index (χ2n) is 7.37. The molecule has 1 saturated carbocycles. The normalized spacial score (nSPS) is 28.5. The molecule has 6 nitrogen and oxygen atoms in total. The summed E-state index contributed by atoms with van der Waals surface area (Å²) in [7, 11) is 2.08. The fourth-order valence-corrected chi connectivity index (χ4v) is 3.95. The number of piperidine rings is 1. The van der Waals surface area contributed by atoms with Crippen molar-refractivity contribution in [3.63, 3.8) is 0 Å². The Morgan fingerprint density at radius 3 is 2.67 bits per heavy atom. The van der Waals surface area contributed by atoms with Crippen molar-refractivity contribution >= 4 is 5.91 Å². The van der Waals surface area contributed by atoms with Crippen molar-refractivity contribution in [3.05, 3.63) is 28.2 Å². The van der Waals surface area contributed by atoms with E-state index in [2.05, 4.69) is 22.4 Å². The van der Waals surface area contributed by atoms with Crippen LogP contribution in [0.1, 0.15) is 50.3 Å². The summed E-state index contributed by atoms with van der Waals surface area (Å²) in [6, 6.07) is 3.75. The van der Waals surface area contributed by atoms with Gasteiger partial charge >= 0.3 is 0 Å². The lowest BCUT2D eigenvalue weighted by Crippen LogP contribution is -2.46. The second-order valence-corrected chi connectivity index (χ2v) is 7.37. The first-order valence-corrected chi connectivity index (χ1v) is 9.08. The van der Waals surface area contributed by atoms with Gasteiger partial charge in [0, 0.05) is 18.7 Å². The van der Waals surface area contributed by atoms with Crippen molar-refractivity contribution in [2.75, 3.05) is 20.1 Å². The van der Waals surface area contributed by atoms with E-state index < -0.39 is 0 Å². The van der Waals surface area contributed by atoms with Gasteiger partial charge in [-0.15, -0.1) is 0 Å². The SMILES string of the molecule is Cc1ccc(=O)n(C2CCC(NC(=O)C3CCCN(C)C3)CC2)n1. The van der Waals surface area contributed by atoms with E-state index in [0.29, 0.717) is 0 Å². The molecule has 1 aliphatic heterocycles.